The zero-order valence-corrected chi connectivity index (χ0v) is 11.9. The zero-order valence-electron chi connectivity index (χ0n) is 11.9. The fourth-order valence-electron chi connectivity index (χ4n) is 1.32. The van der Waals surface area contributed by atoms with E-state index in [9.17, 15) is 9.59 Å². The number of carbonyl (C=O) groups is 2. The fourth-order valence-corrected chi connectivity index (χ4v) is 1.32. The largest absolute Gasteiger partial charge is 0.463 e. The Morgan fingerprint density at radius 1 is 1.25 bits per heavy atom. The summed E-state index contributed by atoms with van der Waals surface area (Å²) in [6.07, 6.45) is 2.80. The van der Waals surface area contributed by atoms with Gasteiger partial charge in [0.25, 0.3) is 5.91 Å². The van der Waals surface area contributed by atoms with E-state index < -0.39 is 11.6 Å². The molecule has 0 spiro atoms. The van der Waals surface area contributed by atoms with E-state index in [1.165, 1.54) is 12.2 Å². The van der Waals surface area contributed by atoms with E-state index in [-0.39, 0.29) is 5.91 Å². The molecular formula is C15H19NO4. The number of nitrogens with one attached hydrogen (secondary N) is 1. The molecule has 0 unspecified atom stereocenters. The maximum Gasteiger partial charge on any atom is 0.330 e. The van der Waals surface area contributed by atoms with E-state index in [4.69, 9.17) is 9.57 Å². The number of amides is 1. The quantitative estimate of drug-likeness (QED) is 0.492. The van der Waals surface area contributed by atoms with Crippen LogP contribution in [0.1, 0.15) is 31.1 Å². The third kappa shape index (κ3) is 5.67. The molecule has 0 atom stereocenters. The van der Waals surface area contributed by atoms with Crippen LogP contribution in [0.5, 0.6) is 0 Å². The van der Waals surface area contributed by atoms with E-state index in [2.05, 4.69) is 5.48 Å². The summed E-state index contributed by atoms with van der Waals surface area (Å²) in [4.78, 5) is 28.3. The molecule has 1 N–H and O–H groups in total. The highest BCUT2D eigenvalue weighted by molar-refractivity contribution is 5.93. The number of hydroxylamine groups is 1. The summed E-state index contributed by atoms with van der Waals surface area (Å²) in [5.41, 5.74) is 2.03. The molecule has 0 heterocycles. The van der Waals surface area contributed by atoms with Gasteiger partial charge >= 0.3 is 5.97 Å². The fraction of sp³-hybridized carbons (Fsp3) is 0.333. The SMILES string of the molecule is CCOC(=O)/C=C/C(C)(C)ONC(=O)c1ccccc1. The molecule has 108 valence electrons. The van der Waals surface area contributed by atoms with Crippen molar-refractivity contribution < 1.29 is 19.2 Å². The van der Waals surface area contributed by atoms with Gasteiger partial charge in [0.05, 0.1) is 6.61 Å². The van der Waals surface area contributed by atoms with Crippen LogP contribution in [0.2, 0.25) is 0 Å². The molecule has 0 saturated carbocycles. The molecule has 0 saturated heterocycles. The Kier molecular flexibility index (Phi) is 5.93. The topological polar surface area (TPSA) is 64.6 Å². The van der Waals surface area contributed by atoms with Crippen LogP contribution < -0.4 is 5.48 Å². The van der Waals surface area contributed by atoms with Gasteiger partial charge < -0.3 is 4.74 Å². The molecule has 5 nitrogen and oxygen atoms in total. The Hall–Kier alpha value is -2.14. The molecule has 1 aromatic carbocycles. The Balaban J connectivity index is 2.51. The zero-order chi connectivity index (χ0) is 15.0. The molecule has 0 aliphatic rings. The van der Waals surface area contributed by atoms with E-state index in [1.807, 2.05) is 6.07 Å². The van der Waals surface area contributed by atoms with Gasteiger partial charge in [-0.3, -0.25) is 9.63 Å². The molecule has 1 aromatic rings. The van der Waals surface area contributed by atoms with Gasteiger partial charge in [-0.1, -0.05) is 18.2 Å². The first-order chi connectivity index (χ1) is 9.44. The lowest BCUT2D eigenvalue weighted by Crippen LogP contribution is -2.34. The summed E-state index contributed by atoms with van der Waals surface area (Å²) in [5, 5.41) is 0. The van der Waals surface area contributed by atoms with Gasteiger partial charge in [0, 0.05) is 11.6 Å². The number of benzene rings is 1. The van der Waals surface area contributed by atoms with E-state index in [0.717, 1.165) is 0 Å². The lowest BCUT2D eigenvalue weighted by molar-refractivity contribution is -0.137. The number of hydrogen-bond acceptors (Lipinski definition) is 4. The predicted molar refractivity (Wildman–Crippen MR) is 74.8 cm³/mol. The van der Waals surface area contributed by atoms with Crippen LogP contribution in [0, 0.1) is 0 Å². The third-order valence-corrected chi connectivity index (χ3v) is 2.35. The minimum atomic E-state index is -0.822. The van der Waals surface area contributed by atoms with Crippen LogP contribution in [-0.4, -0.2) is 24.1 Å². The standard InChI is InChI=1S/C15H19NO4/c1-4-19-13(17)10-11-15(2,3)20-16-14(18)12-8-6-5-7-9-12/h5-11H,4H2,1-3H3,(H,16,18)/b11-10+. The maximum absolute atomic E-state index is 11.8. The van der Waals surface area contributed by atoms with E-state index in [1.54, 1.807) is 45.0 Å². The number of hydrogen-bond donors (Lipinski definition) is 1. The van der Waals surface area contributed by atoms with Gasteiger partial charge in [0.1, 0.15) is 5.60 Å². The first-order valence-corrected chi connectivity index (χ1v) is 6.34. The summed E-state index contributed by atoms with van der Waals surface area (Å²) < 4.78 is 4.76. The number of carbonyl (C=O) groups excluding carboxylic acids is 2. The van der Waals surface area contributed by atoms with Gasteiger partial charge in [0.15, 0.2) is 0 Å². The molecule has 0 aromatic heterocycles. The second-order valence-corrected chi connectivity index (χ2v) is 4.59. The molecule has 0 bridgehead atoms. The van der Waals surface area contributed by atoms with Gasteiger partial charge in [-0.15, -0.1) is 0 Å². The number of ether oxygens (including phenoxy) is 1. The highest BCUT2D eigenvalue weighted by atomic mass is 16.7. The molecule has 20 heavy (non-hydrogen) atoms. The van der Waals surface area contributed by atoms with Gasteiger partial charge in [0.2, 0.25) is 0 Å². The van der Waals surface area contributed by atoms with Crippen LogP contribution in [0.3, 0.4) is 0 Å². The van der Waals surface area contributed by atoms with Crippen molar-refractivity contribution in [2.24, 2.45) is 0 Å². The molecule has 1 rings (SSSR count). The maximum atomic E-state index is 11.8. The minimum Gasteiger partial charge on any atom is -0.463 e. The normalized spacial score (nSPS) is 11.3. The molecular weight excluding hydrogens is 258 g/mol. The second-order valence-electron chi connectivity index (χ2n) is 4.59. The van der Waals surface area contributed by atoms with E-state index >= 15 is 0 Å². The average Bonchev–Trinajstić information content (AvgIpc) is 2.44. The molecule has 0 aliphatic heterocycles. The predicted octanol–water partition coefficient (Wildman–Crippen LogP) is 2.25. The number of esters is 1. The van der Waals surface area contributed by atoms with Crippen LogP contribution in [-0.2, 0) is 14.4 Å². The van der Waals surface area contributed by atoms with Gasteiger partial charge in [-0.2, -0.15) is 0 Å². The van der Waals surface area contributed by atoms with Gasteiger partial charge in [-0.05, 0) is 39.0 Å². The van der Waals surface area contributed by atoms with Crippen molar-refractivity contribution in [3.8, 4) is 0 Å². The molecule has 0 radical (unpaired) electrons. The van der Waals surface area contributed by atoms with E-state index in [0.29, 0.717) is 12.2 Å². The third-order valence-electron chi connectivity index (χ3n) is 2.35. The summed E-state index contributed by atoms with van der Waals surface area (Å²) in [7, 11) is 0. The highest BCUT2D eigenvalue weighted by Crippen LogP contribution is 2.10. The van der Waals surface area contributed by atoms with Crippen molar-refractivity contribution in [1.29, 1.82) is 0 Å². The lowest BCUT2D eigenvalue weighted by Gasteiger charge is -2.20. The summed E-state index contributed by atoms with van der Waals surface area (Å²) in [5.74, 6) is -0.790. The van der Waals surface area contributed by atoms with Crippen molar-refractivity contribution in [1.82, 2.24) is 5.48 Å². The van der Waals surface area contributed by atoms with Crippen LogP contribution in [0.15, 0.2) is 42.5 Å². The Labute approximate surface area is 118 Å². The Bertz CT molecular complexity index is 480. The molecule has 1 amide bonds. The number of rotatable bonds is 6. The van der Waals surface area contributed by atoms with Crippen molar-refractivity contribution in [2.45, 2.75) is 26.4 Å². The van der Waals surface area contributed by atoms with Crippen LogP contribution in [0.25, 0.3) is 0 Å². The lowest BCUT2D eigenvalue weighted by atomic mass is 10.1. The first-order valence-electron chi connectivity index (χ1n) is 6.34. The second kappa shape index (κ2) is 7.45. The highest BCUT2D eigenvalue weighted by Gasteiger charge is 2.17. The smallest absolute Gasteiger partial charge is 0.330 e. The van der Waals surface area contributed by atoms with Crippen LogP contribution in [0.4, 0.5) is 0 Å². The van der Waals surface area contributed by atoms with Crippen molar-refractivity contribution in [3.05, 3.63) is 48.0 Å². The first kappa shape index (κ1) is 15.9. The van der Waals surface area contributed by atoms with Gasteiger partial charge in [-0.25, -0.2) is 10.3 Å². The summed E-state index contributed by atoms with van der Waals surface area (Å²) >= 11 is 0. The molecule has 0 aliphatic carbocycles. The van der Waals surface area contributed by atoms with Crippen molar-refractivity contribution in [3.63, 3.8) is 0 Å². The average molecular weight is 277 g/mol. The summed E-state index contributed by atoms with van der Waals surface area (Å²) in [6, 6.07) is 8.71. The Morgan fingerprint density at radius 3 is 2.50 bits per heavy atom. The Morgan fingerprint density at radius 2 is 1.90 bits per heavy atom. The monoisotopic (exact) mass is 277 g/mol. The van der Waals surface area contributed by atoms with Crippen molar-refractivity contribution >= 4 is 11.9 Å². The minimum absolute atomic E-state index is 0.315. The molecule has 5 heteroatoms. The van der Waals surface area contributed by atoms with Crippen molar-refractivity contribution in [2.75, 3.05) is 6.61 Å². The molecule has 0 fully saturated rings. The summed E-state index contributed by atoms with van der Waals surface area (Å²) in [6.45, 7) is 5.48. The van der Waals surface area contributed by atoms with Crippen LogP contribution >= 0.6 is 0 Å².